The van der Waals surface area contributed by atoms with E-state index in [9.17, 15) is 0 Å². The van der Waals surface area contributed by atoms with E-state index in [-0.39, 0.29) is 5.54 Å². The standard InChI is InChI=1S/C12H16IN5/c1-12(2,3)14-7-10-4-5-11(17-16-10)18-8-9(13)6-15-18/h4-6,8,14H,7H2,1-3H3. The second-order valence-electron chi connectivity index (χ2n) is 5.09. The highest BCUT2D eigenvalue weighted by molar-refractivity contribution is 14.1. The predicted octanol–water partition coefficient (Wildman–Crippen LogP) is 2.15. The Hall–Kier alpha value is -1.02. The third-order valence-corrected chi connectivity index (χ3v) is 2.85. The van der Waals surface area contributed by atoms with Crippen molar-refractivity contribution in [1.29, 1.82) is 0 Å². The molecule has 2 rings (SSSR count). The molecule has 0 bridgehead atoms. The highest BCUT2D eigenvalue weighted by Gasteiger charge is 2.09. The zero-order valence-corrected chi connectivity index (χ0v) is 12.8. The van der Waals surface area contributed by atoms with Crippen molar-refractivity contribution >= 4 is 22.6 Å². The second-order valence-corrected chi connectivity index (χ2v) is 6.34. The lowest BCUT2D eigenvalue weighted by molar-refractivity contribution is 0.420. The number of rotatable bonds is 3. The monoisotopic (exact) mass is 357 g/mol. The Morgan fingerprint density at radius 3 is 2.56 bits per heavy atom. The summed E-state index contributed by atoms with van der Waals surface area (Å²) < 4.78 is 2.79. The van der Waals surface area contributed by atoms with Crippen molar-refractivity contribution in [3.8, 4) is 5.82 Å². The molecule has 2 aromatic heterocycles. The number of hydrogen-bond donors (Lipinski definition) is 1. The molecule has 0 amide bonds. The molecule has 18 heavy (non-hydrogen) atoms. The number of aromatic nitrogens is 4. The van der Waals surface area contributed by atoms with Crippen LogP contribution in [0.2, 0.25) is 0 Å². The van der Waals surface area contributed by atoms with Gasteiger partial charge in [0, 0.05) is 18.3 Å². The third-order valence-electron chi connectivity index (χ3n) is 2.29. The smallest absolute Gasteiger partial charge is 0.175 e. The molecule has 0 atom stereocenters. The molecule has 0 saturated heterocycles. The highest BCUT2D eigenvalue weighted by Crippen LogP contribution is 2.07. The Morgan fingerprint density at radius 2 is 2.06 bits per heavy atom. The van der Waals surface area contributed by atoms with Gasteiger partial charge in [-0.1, -0.05) is 0 Å². The topological polar surface area (TPSA) is 55.6 Å². The third kappa shape index (κ3) is 3.74. The maximum atomic E-state index is 4.19. The fourth-order valence-electron chi connectivity index (χ4n) is 1.35. The van der Waals surface area contributed by atoms with Gasteiger partial charge in [-0.05, 0) is 55.5 Å². The number of nitrogens with one attached hydrogen (secondary N) is 1. The van der Waals surface area contributed by atoms with Crippen molar-refractivity contribution in [2.24, 2.45) is 0 Å². The van der Waals surface area contributed by atoms with Crippen molar-refractivity contribution in [2.75, 3.05) is 0 Å². The maximum Gasteiger partial charge on any atom is 0.175 e. The molecule has 6 heteroatoms. The van der Waals surface area contributed by atoms with Crippen LogP contribution < -0.4 is 5.32 Å². The van der Waals surface area contributed by atoms with Gasteiger partial charge in [-0.3, -0.25) is 0 Å². The molecule has 0 aliphatic heterocycles. The summed E-state index contributed by atoms with van der Waals surface area (Å²) in [6, 6.07) is 3.89. The average molecular weight is 357 g/mol. The van der Waals surface area contributed by atoms with Crippen LogP contribution in [0.1, 0.15) is 26.5 Å². The molecule has 5 nitrogen and oxygen atoms in total. The van der Waals surface area contributed by atoms with Crippen molar-refractivity contribution in [3.63, 3.8) is 0 Å². The minimum Gasteiger partial charge on any atom is -0.306 e. The van der Waals surface area contributed by atoms with Gasteiger partial charge in [0.25, 0.3) is 0 Å². The van der Waals surface area contributed by atoms with Crippen LogP contribution in [-0.4, -0.2) is 25.5 Å². The first-order valence-corrected chi connectivity index (χ1v) is 6.80. The summed E-state index contributed by atoms with van der Waals surface area (Å²) in [5.74, 6) is 0.734. The Balaban J connectivity index is 2.06. The van der Waals surface area contributed by atoms with Gasteiger partial charge in [-0.15, -0.1) is 5.10 Å². The molecule has 0 spiro atoms. The molecule has 0 saturated carbocycles. The molecular formula is C12H16IN5. The first-order valence-electron chi connectivity index (χ1n) is 5.72. The Morgan fingerprint density at radius 1 is 1.28 bits per heavy atom. The molecule has 0 radical (unpaired) electrons. The van der Waals surface area contributed by atoms with E-state index in [0.29, 0.717) is 6.54 Å². The van der Waals surface area contributed by atoms with Crippen molar-refractivity contribution in [2.45, 2.75) is 32.9 Å². The van der Waals surface area contributed by atoms with E-state index in [0.717, 1.165) is 15.1 Å². The lowest BCUT2D eigenvalue weighted by atomic mass is 10.1. The molecule has 0 aliphatic carbocycles. The van der Waals surface area contributed by atoms with E-state index in [1.807, 2.05) is 18.3 Å². The maximum absolute atomic E-state index is 4.19. The SMILES string of the molecule is CC(C)(C)NCc1ccc(-n2cc(I)cn2)nn1. The summed E-state index contributed by atoms with van der Waals surface area (Å²) in [6.45, 7) is 7.09. The number of nitrogens with zero attached hydrogens (tertiary/aromatic N) is 4. The Bertz CT molecular complexity index is 512. The van der Waals surface area contributed by atoms with Crippen LogP contribution in [0.15, 0.2) is 24.5 Å². The van der Waals surface area contributed by atoms with E-state index >= 15 is 0 Å². The van der Waals surface area contributed by atoms with Crippen LogP contribution in [0.4, 0.5) is 0 Å². The van der Waals surface area contributed by atoms with E-state index < -0.39 is 0 Å². The lowest BCUT2D eigenvalue weighted by Crippen LogP contribution is -2.35. The van der Waals surface area contributed by atoms with Gasteiger partial charge in [-0.2, -0.15) is 10.2 Å². The zero-order valence-electron chi connectivity index (χ0n) is 10.7. The van der Waals surface area contributed by atoms with E-state index in [1.165, 1.54) is 0 Å². The van der Waals surface area contributed by atoms with Crippen molar-refractivity contribution < 1.29 is 0 Å². The van der Waals surface area contributed by atoms with Crippen LogP contribution in [0.5, 0.6) is 0 Å². The molecule has 2 heterocycles. The summed E-state index contributed by atoms with van der Waals surface area (Å²) in [4.78, 5) is 0. The van der Waals surface area contributed by atoms with Crippen LogP contribution in [0.3, 0.4) is 0 Å². The minimum atomic E-state index is 0.0818. The van der Waals surface area contributed by atoms with E-state index in [2.05, 4.69) is 64.0 Å². The van der Waals surface area contributed by atoms with Crippen LogP contribution in [-0.2, 0) is 6.54 Å². The first kappa shape index (κ1) is 13.4. The Kier molecular flexibility index (Phi) is 3.96. The van der Waals surface area contributed by atoms with Gasteiger partial charge >= 0.3 is 0 Å². The quantitative estimate of drug-likeness (QED) is 0.856. The fraction of sp³-hybridized carbons (Fsp3) is 0.417. The zero-order chi connectivity index (χ0) is 13.2. The average Bonchev–Trinajstić information content (AvgIpc) is 2.73. The summed E-state index contributed by atoms with van der Waals surface area (Å²) >= 11 is 2.21. The lowest BCUT2D eigenvalue weighted by Gasteiger charge is -2.19. The Labute approximate surface area is 120 Å². The van der Waals surface area contributed by atoms with Gasteiger partial charge in [0.05, 0.1) is 15.5 Å². The molecular weight excluding hydrogens is 341 g/mol. The first-order chi connectivity index (χ1) is 8.44. The predicted molar refractivity (Wildman–Crippen MR) is 78.5 cm³/mol. The molecule has 1 N–H and O–H groups in total. The normalized spacial score (nSPS) is 11.8. The fourth-order valence-corrected chi connectivity index (χ4v) is 1.74. The summed E-state index contributed by atoms with van der Waals surface area (Å²) in [5, 5.41) is 15.9. The minimum absolute atomic E-state index is 0.0818. The van der Waals surface area contributed by atoms with Crippen LogP contribution in [0.25, 0.3) is 5.82 Å². The van der Waals surface area contributed by atoms with Gasteiger partial charge in [0.15, 0.2) is 5.82 Å². The van der Waals surface area contributed by atoms with Gasteiger partial charge < -0.3 is 5.32 Å². The second kappa shape index (κ2) is 5.31. The van der Waals surface area contributed by atoms with Crippen LogP contribution >= 0.6 is 22.6 Å². The van der Waals surface area contributed by atoms with Gasteiger partial charge in [0.2, 0.25) is 0 Å². The van der Waals surface area contributed by atoms with E-state index in [1.54, 1.807) is 10.9 Å². The molecule has 0 aliphatic rings. The summed E-state index contributed by atoms with van der Waals surface area (Å²) in [5.41, 5.74) is 1.01. The summed E-state index contributed by atoms with van der Waals surface area (Å²) in [7, 11) is 0. The van der Waals surface area contributed by atoms with Gasteiger partial charge in [0.1, 0.15) is 0 Å². The largest absolute Gasteiger partial charge is 0.306 e. The van der Waals surface area contributed by atoms with E-state index in [4.69, 9.17) is 0 Å². The molecule has 0 fully saturated rings. The van der Waals surface area contributed by atoms with Crippen molar-refractivity contribution in [1.82, 2.24) is 25.3 Å². The number of hydrogen-bond acceptors (Lipinski definition) is 4. The highest BCUT2D eigenvalue weighted by atomic mass is 127. The van der Waals surface area contributed by atoms with Gasteiger partial charge in [-0.25, -0.2) is 4.68 Å². The summed E-state index contributed by atoms with van der Waals surface area (Å²) in [6.07, 6.45) is 3.70. The van der Waals surface area contributed by atoms with Crippen LogP contribution in [0, 0.1) is 3.57 Å². The molecule has 0 unspecified atom stereocenters. The van der Waals surface area contributed by atoms with Crippen molar-refractivity contribution in [3.05, 3.63) is 33.8 Å². The number of halogens is 1. The molecule has 96 valence electrons. The molecule has 2 aromatic rings. The molecule has 0 aromatic carbocycles.